The molecule has 0 saturated heterocycles. The second-order valence-electron chi connectivity index (χ2n) is 4.44. The summed E-state index contributed by atoms with van der Waals surface area (Å²) in [4.78, 5) is 0. The first-order chi connectivity index (χ1) is 7.90. The van der Waals surface area contributed by atoms with Gasteiger partial charge in [0.15, 0.2) is 0 Å². The van der Waals surface area contributed by atoms with Crippen LogP contribution in [0.2, 0.25) is 0 Å². The summed E-state index contributed by atoms with van der Waals surface area (Å²) in [6.45, 7) is 9.76. The van der Waals surface area contributed by atoms with E-state index in [1.807, 2.05) is 6.08 Å². The van der Waals surface area contributed by atoms with E-state index in [0.29, 0.717) is 9.97 Å². The fourth-order valence-electron chi connectivity index (χ4n) is 1.42. The van der Waals surface area contributed by atoms with Gasteiger partial charge in [-0.25, -0.2) is 0 Å². The van der Waals surface area contributed by atoms with Gasteiger partial charge in [-0.3, -0.25) is 0 Å². The summed E-state index contributed by atoms with van der Waals surface area (Å²) in [5, 5.41) is 3.63. The van der Waals surface area contributed by atoms with E-state index >= 15 is 0 Å². The average Bonchev–Trinajstić information content (AvgIpc) is 2.33. The SMILES string of the molecule is CCI(I)C(NCC=CN)C(C)C(C)(C)OC. The number of nitrogens with one attached hydrogen (secondary N) is 1. The Morgan fingerprint density at radius 3 is 2.53 bits per heavy atom. The van der Waals surface area contributed by atoms with Crippen molar-refractivity contribution in [3.8, 4) is 0 Å². The minimum atomic E-state index is -0.985. The number of ether oxygens (including phenoxy) is 1. The van der Waals surface area contributed by atoms with Crippen molar-refractivity contribution < 1.29 is 4.74 Å². The van der Waals surface area contributed by atoms with Crippen molar-refractivity contribution in [3.05, 3.63) is 12.3 Å². The predicted molar refractivity (Wildman–Crippen MR) is 94.0 cm³/mol. The van der Waals surface area contributed by atoms with Gasteiger partial charge in [0.05, 0.1) is 0 Å². The van der Waals surface area contributed by atoms with Crippen LogP contribution in [0.15, 0.2) is 12.3 Å². The molecule has 0 aromatic heterocycles. The van der Waals surface area contributed by atoms with Gasteiger partial charge in [-0.15, -0.1) is 0 Å². The van der Waals surface area contributed by atoms with Crippen molar-refractivity contribution in [1.29, 1.82) is 0 Å². The van der Waals surface area contributed by atoms with Crippen LogP contribution >= 0.6 is 34.5 Å². The molecule has 0 rings (SSSR count). The standard InChI is InChI=1S/C12H26I2N2O/c1-6-14(13)11(16-9-7-8-15)10(2)12(3,4)17-5/h7-8,10-11,16H,6,9,15H2,1-5H3. The van der Waals surface area contributed by atoms with Gasteiger partial charge in [0, 0.05) is 0 Å². The van der Waals surface area contributed by atoms with Crippen molar-refractivity contribution >= 4 is 34.5 Å². The van der Waals surface area contributed by atoms with Crippen molar-refractivity contribution in [2.45, 2.75) is 37.3 Å². The summed E-state index contributed by atoms with van der Waals surface area (Å²) in [5.74, 6) is 0.501. The third-order valence-corrected chi connectivity index (χ3v) is 14.8. The number of methoxy groups -OCH3 is 1. The minimum absolute atomic E-state index is 0.0832. The molecule has 3 N–H and O–H groups in total. The van der Waals surface area contributed by atoms with Gasteiger partial charge in [-0.05, 0) is 0 Å². The van der Waals surface area contributed by atoms with Crippen LogP contribution < -0.4 is 11.1 Å². The quantitative estimate of drug-likeness (QED) is 0.327. The summed E-state index contributed by atoms with van der Waals surface area (Å²) < 4.78 is 7.50. The van der Waals surface area contributed by atoms with Gasteiger partial charge < -0.3 is 0 Å². The molecule has 17 heavy (non-hydrogen) atoms. The van der Waals surface area contributed by atoms with Crippen LogP contribution in [0.5, 0.6) is 0 Å². The zero-order chi connectivity index (χ0) is 13.5. The van der Waals surface area contributed by atoms with Crippen LogP contribution in [-0.2, 0) is 4.74 Å². The Morgan fingerprint density at radius 1 is 1.53 bits per heavy atom. The van der Waals surface area contributed by atoms with Crippen LogP contribution in [0, 0.1) is 5.92 Å². The number of hydrogen-bond acceptors (Lipinski definition) is 3. The van der Waals surface area contributed by atoms with Gasteiger partial charge in [-0.1, -0.05) is 0 Å². The van der Waals surface area contributed by atoms with Crippen molar-refractivity contribution in [2.75, 3.05) is 18.1 Å². The molecule has 2 atom stereocenters. The fourth-order valence-corrected chi connectivity index (χ4v) is 8.99. The molecule has 3 nitrogen and oxygen atoms in total. The predicted octanol–water partition coefficient (Wildman–Crippen LogP) is 3.31. The van der Waals surface area contributed by atoms with Gasteiger partial charge in [0.1, 0.15) is 0 Å². The molecule has 0 aliphatic rings. The summed E-state index contributed by atoms with van der Waals surface area (Å²) in [6.07, 6.45) is 3.57. The molecule has 104 valence electrons. The maximum absolute atomic E-state index is 5.62. The van der Waals surface area contributed by atoms with Gasteiger partial charge in [-0.2, -0.15) is 0 Å². The zero-order valence-corrected chi connectivity index (χ0v) is 15.8. The normalized spacial score (nSPS) is 17.2. The molecule has 0 aromatic rings. The average molecular weight is 468 g/mol. The Kier molecular flexibility index (Phi) is 9.41. The monoisotopic (exact) mass is 468 g/mol. The van der Waals surface area contributed by atoms with Crippen LogP contribution in [0.25, 0.3) is 0 Å². The van der Waals surface area contributed by atoms with E-state index < -0.39 is 15.8 Å². The molecule has 0 aliphatic carbocycles. The summed E-state index contributed by atoms with van der Waals surface area (Å²) >= 11 is 1.69. The second kappa shape index (κ2) is 8.92. The van der Waals surface area contributed by atoms with E-state index in [4.69, 9.17) is 10.5 Å². The number of alkyl halides is 2. The van der Waals surface area contributed by atoms with E-state index in [1.165, 1.54) is 4.43 Å². The Bertz CT molecular complexity index is 235. The molecule has 0 saturated carbocycles. The number of halogens is 2. The molecule has 0 aliphatic heterocycles. The number of nitrogens with two attached hydrogens (primary N) is 1. The molecule has 2 unspecified atom stereocenters. The number of rotatable bonds is 8. The second-order valence-corrected chi connectivity index (χ2v) is 16.3. The molecule has 0 fully saturated rings. The van der Waals surface area contributed by atoms with Crippen LogP contribution in [0.1, 0.15) is 27.7 Å². The summed E-state index contributed by atoms with van der Waals surface area (Å²) in [6, 6.07) is 0. The van der Waals surface area contributed by atoms with Gasteiger partial charge >= 0.3 is 124 Å². The molecule has 5 heteroatoms. The maximum atomic E-state index is 5.62. The first-order valence-corrected chi connectivity index (χ1v) is 14.9. The summed E-state index contributed by atoms with van der Waals surface area (Å²) in [7, 11) is 1.80. The van der Waals surface area contributed by atoms with Crippen LogP contribution in [-0.4, -0.2) is 27.7 Å². The Hall–Kier alpha value is 0.920. The topological polar surface area (TPSA) is 47.3 Å². The van der Waals surface area contributed by atoms with Crippen molar-refractivity contribution in [2.24, 2.45) is 11.7 Å². The van der Waals surface area contributed by atoms with E-state index in [-0.39, 0.29) is 5.60 Å². The van der Waals surface area contributed by atoms with Gasteiger partial charge in [0.25, 0.3) is 0 Å². The Morgan fingerprint density at radius 2 is 2.12 bits per heavy atom. The fraction of sp³-hybridized carbons (Fsp3) is 0.833. The van der Waals surface area contributed by atoms with Gasteiger partial charge in [0.2, 0.25) is 0 Å². The van der Waals surface area contributed by atoms with E-state index in [9.17, 15) is 0 Å². The van der Waals surface area contributed by atoms with Crippen molar-refractivity contribution in [1.82, 2.24) is 5.32 Å². The van der Waals surface area contributed by atoms with Crippen molar-refractivity contribution in [3.63, 3.8) is 0 Å². The molecular weight excluding hydrogens is 442 g/mol. The van der Waals surface area contributed by atoms with Crippen LogP contribution in [0.4, 0.5) is 0 Å². The zero-order valence-electron chi connectivity index (χ0n) is 11.5. The molecule has 0 spiro atoms. The third kappa shape index (κ3) is 6.07. The van der Waals surface area contributed by atoms with E-state index in [1.54, 1.807) is 13.3 Å². The Balaban J connectivity index is 4.66. The summed E-state index contributed by atoms with van der Waals surface area (Å²) in [5.41, 5.74) is 5.29. The molecule has 0 amide bonds. The molecule has 0 radical (unpaired) electrons. The Labute approximate surface area is 123 Å². The van der Waals surface area contributed by atoms with Crippen LogP contribution in [0.3, 0.4) is 0 Å². The first-order valence-electron chi connectivity index (χ1n) is 5.86. The molecule has 0 bridgehead atoms. The third-order valence-electron chi connectivity index (χ3n) is 3.14. The number of hydrogen-bond donors (Lipinski definition) is 2. The van der Waals surface area contributed by atoms with E-state index in [2.05, 4.69) is 51.6 Å². The van der Waals surface area contributed by atoms with E-state index in [0.717, 1.165) is 6.54 Å². The molecular formula is C12H26I2N2O. The molecule has 0 aromatic carbocycles. The molecule has 0 heterocycles. The first kappa shape index (κ1) is 17.9.